The van der Waals surface area contributed by atoms with Crippen LogP contribution in [-0.4, -0.2) is 38.4 Å². The summed E-state index contributed by atoms with van der Waals surface area (Å²) in [6, 6.07) is 6.57. The standard InChI is InChI=1S/C15H21NO4S/c1-3-13-5-4-10-16(13)21(18,19)14-8-6-12(7-9-14)11-15(17)20-2/h6-9,13H,3-5,10-11H2,1-2H3. The van der Waals surface area contributed by atoms with Gasteiger partial charge in [-0.05, 0) is 37.0 Å². The van der Waals surface area contributed by atoms with E-state index in [1.807, 2.05) is 6.92 Å². The molecule has 1 aromatic carbocycles. The van der Waals surface area contributed by atoms with E-state index in [4.69, 9.17) is 0 Å². The van der Waals surface area contributed by atoms with Crippen molar-refractivity contribution in [3.8, 4) is 0 Å². The summed E-state index contributed by atoms with van der Waals surface area (Å²) in [4.78, 5) is 11.5. The highest BCUT2D eigenvalue weighted by molar-refractivity contribution is 7.89. The number of benzene rings is 1. The molecule has 1 unspecified atom stereocenters. The third kappa shape index (κ3) is 3.44. The van der Waals surface area contributed by atoms with Crippen molar-refractivity contribution in [1.82, 2.24) is 4.31 Å². The molecular formula is C15H21NO4S. The second-order valence-corrected chi connectivity index (χ2v) is 7.11. The van der Waals surface area contributed by atoms with Crippen LogP contribution in [0.4, 0.5) is 0 Å². The minimum Gasteiger partial charge on any atom is -0.469 e. The van der Waals surface area contributed by atoms with E-state index in [0.717, 1.165) is 24.8 Å². The maximum atomic E-state index is 12.6. The van der Waals surface area contributed by atoms with Gasteiger partial charge in [0.1, 0.15) is 0 Å². The summed E-state index contributed by atoms with van der Waals surface area (Å²) in [6.45, 7) is 2.60. The Morgan fingerprint density at radius 1 is 1.33 bits per heavy atom. The maximum Gasteiger partial charge on any atom is 0.309 e. The van der Waals surface area contributed by atoms with Crippen LogP contribution in [0.2, 0.25) is 0 Å². The largest absolute Gasteiger partial charge is 0.469 e. The molecule has 0 aliphatic carbocycles. The van der Waals surface area contributed by atoms with Crippen LogP contribution in [0.5, 0.6) is 0 Å². The molecule has 0 saturated carbocycles. The Morgan fingerprint density at radius 3 is 2.57 bits per heavy atom. The minimum absolute atomic E-state index is 0.102. The molecule has 6 heteroatoms. The molecular weight excluding hydrogens is 290 g/mol. The number of hydrogen-bond acceptors (Lipinski definition) is 4. The first-order chi connectivity index (χ1) is 9.98. The Balaban J connectivity index is 2.19. The van der Waals surface area contributed by atoms with Crippen molar-refractivity contribution in [2.24, 2.45) is 0 Å². The van der Waals surface area contributed by atoms with E-state index in [0.29, 0.717) is 6.54 Å². The van der Waals surface area contributed by atoms with Crippen molar-refractivity contribution < 1.29 is 17.9 Å². The van der Waals surface area contributed by atoms with E-state index in [1.54, 1.807) is 28.6 Å². The van der Waals surface area contributed by atoms with Crippen molar-refractivity contribution >= 4 is 16.0 Å². The fraction of sp³-hybridized carbons (Fsp3) is 0.533. The van der Waals surface area contributed by atoms with Gasteiger partial charge in [0.15, 0.2) is 0 Å². The van der Waals surface area contributed by atoms with Crippen LogP contribution in [0.3, 0.4) is 0 Å². The van der Waals surface area contributed by atoms with Gasteiger partial charge in [-0.25, -0.2) is 8.42 Å². The summed E-state index contributed by atoms with van der Waals surface area (Å²) in [5, 5.41) is 0. The Morgan fingerprint density at radius 2 is 2.00 bits per heavy atom. The van der Waals surface area contributed by atoms with E-state index in [2.05, 4.69) is 4.74 Å². The fourth-order valence-electron chi connectivity index (χ4n) is 2.69. The predicted molar refractivity (Wildman–Crippen MR) is 79.4 cm³/mol. The Labute approximate surface area is 126 Å². The third-order valence-corrected chi connectivity index (χ3v) is 5.87. The van der Waals surface area contributed by atoms with E-state index >= 15 is 0 Å². The molecule has 0 spiro atoms. The smallest absolute Gasteiger partial charge is 0.309 e. The van der Waals surface area contributed by atoms with Crippen molar-refractivity contribution in [3.05, 3.63) is 29.8 Å². The molecule has 5 nitrogen and oxygen atoms in total. The summed E-state index contributed by atoms with van der Waals surface area (Å²) >= 11 is 0. The summed E-state index contributed by atoms with van der Waals surface area (Å²) < 4.78 is 31.5. The SMILES string of the molecule is CCC1CCCN1S(=O)(=O)c1ccc(CC(=O)OC)cc1. The lowest BCUT2D eigenvalue weighted by Crippen LogP contribution is -2.35. The molecule has 1 fully saturated rings. The molecule has 1 aromatic rings. The number of esters is 1. The summed E-state index contributed by atoms with van der Waals surface area (Å²) in [5.41, 5.74) is 0.745. The van der Waals surface area contributed by atoms with E-state index in [1.165, 1.54) is 7.11 Å². The van der Waals surface area contributed by atoms with Gasteiger partial charge in [-0.1, -0.05) is 19.1 Å². The Bertz CT molecular complexity index is 595. The van der Waals surface area contributed by atoms with Crippen LogP contribution >= 0.6 is 0 Å². The average Bonchev–Trinajstić information content (AvgIpc) is 2.97. The molecule has 0 amide bonds. The molecule has 1 heterocycles. The zero-order chi connectivity index (χ0) is 15.5. The van der Waals surface area contributed by atoms with Gasteiger partial charge >= 0.3 is 5.97 Å². The average molecular weight is 311 g/mol. The van der Waals surface area contributed by atoms with Gasteiger partial charge in [-0.2, -0.15) is 4.31 Å². The van der Waals surface area contributed by atoms with Gasteiger partial charge in [-0.3, -0.25) is 4.79 Å². The molecule has 116 valence electrons. The van der Waals surface area contributed by atoms with Crippen LogP contribution in [0.1, 0.15) is 31.7 Å². The number of nitrogens with zero attached hydrogens (tertiary/aromatic N) is 1. The highest BCUT2D eigenvalue weighted by atomic mass is 32.2. The normalized spacial score (nSPS) is 19.6. The number of ether oxygens (including phenoxy) is 1. The zero-order valence-electron chi connectivity index (χ0n) is 12.4. The van der Waals surface area contributed by atoms with Gasteiger partial charge in [0.05, 0.1) is 18.4 Å². The molecule has 1 aliphatic rings. The second kappa shape index (κ2) is 6.58. The molecule has 0 radical (unpaired) electrons. The van der Waals surface area contributed by atoms with Crippen LogP contribution < -0.4 is 0 Å². The lowest BCUT2D eigenvalue weighted by molar-refractivity contribution is -0.139. The minimum atomic E-state index is -3.43. The first kappa shape index (κ1) is 16.0. The first-order valence-corrected chi connectivity index (χ1v) is 8.60. The topological polar surface area (TPSA) is 63.7 Å². The van der Waals surface area contributed by atoms with Crippen molar-refractivity contribution in [2.75, 3.05) is 13.7 Å². The molecule has 0 bridgehead atoms. The highest BCUT2D eigenvalue weighted by Gasteiger charge is 2.33. The van der Waals surface area contributed by atoms with Crippen LogP contribution in [-0.2, 0) is 26.0 Å². The molecule has 21 heavy (non-hydrogen) atoms. The van der Waals surface area contributed by atoms with Crippen LogP contribution in [0.25, 0.3) is 0 Å². The lowest BCUT2D eigenvalue weighted by atomic mass is 10.2. The number of sulfonamides is 1. The fourth-order valence-corrected chi connectivity index (χ4v) is 4.45. The van der Waals surface area contributed by atoms with E-state index in [9.17, 15) is 13.2 Å². The third-order valence-electron chi connectivity index (χ3n) is 3.90. The van der Waals surface area contributed by atoms with Gasteiger partial charge in [0.2, 0.25) is 10.0 Å². The highest BCUT2D eigenvalue weighted by Crippen LogP contribution is 2.27. The molecule has 1 aliphatic heterocycles. The second-order valence-electron chi connectivity index (χ2n) is 5.22. The van der Waals surface area contributed by atoms with Gasteiger partial charge in [0.25, 0.3) is 0 Å². The maximum absolute atomic E-state index is 12.6. The van der Waals surface area contributed by atoms with Crippen LogP contribution in [0.15, 0.2) is 29.2 Å². The number of carbonyl (C=O) groups excluding carboxylic acids is 1. The van der Waals surface area contributed by atoms with Crippen molar-refractivity contribution in [2.45, 2.75) is 43.5 Å². The zero-order valence-corrected chi connectivity index (χ0v) is 13.2. The summed E-state index contributed by atoms with van der Waals surface area (Å²) in [5.74, 6) is -0.337. The monoisotopic (exact) mass is 311 g/mol. The van der Waals surface area contributed by atoms with E-state index in [-0.39, 0.29) is 23.3 Å². The molecule has 1 saturated heterocycles. The van der Waals surface area contributed by atoms with Gasteiger partial charge < -0.3 is 4.74 Å². The summed E-state index contributed by atoms with van der Waals surface area (Å²) in [7, 11) is -2.10. The van der Waals surface area contributed by atoms with Gasteiger partial charge in [-0.15, -0.1) is 0 Å². The quantitative estimate of drug-likeness (QED) is 0.780. The predicted octanol–water partition coefficient (Wildman–Crippen LogP) is 1.97. The molecule has 0 N–H and O–H groups in total. The number of carbonyl (C=O) groups is 1. The summed E-state index contributed by atoms with van der Waals surface area (Å²) in [6.07, 6.45) is 2.83. The number of hydrogen-bond donors (Lipinski definition) is 0. The first-order valence-electron chi connectivity index (χ1n) is 7.16. The van der Waals surface area contributed by atoms with E-state index < -0.39 is 10.0 Å². The number of methoxy groups -OCH3 is 1. The Kier molecular flexibility index (Phi) is 5.00. The van der Waals surface area contributed by atoms with Crippen molar-refractivity contribution in [3.63, 3.8) is 0 Å². The van der Waals surface area contributed by atoms with Crippen molar-refractivity contribution in [1.29, 1.82) is 0 Å². The molecule has 0 aromatic heterocycles. The lowest BCUT2D eigenvalue weighted by Gasteiger charge is -2.23. The van der Waals surface area contributed by atoms with Crippen LogP contribution in [0, 0.1) is 0 Å². The number of rotatable bonds is 5. The Hall–Kier alpha value is -1.40. The molecule has 1 atom stereocenters. The molecule has 2 rings (SSSR count). The van der Waals surface area contributed by atoms with Gasteiger partial charge in [0, 0.05) is 12.6 Å².